The number of benzene rings is 3. The molecule has 7 nitrogen and oxygen atoms in total. The van der Waals surface area contributed by atoms with Gasteiger partial charge in [0.15, 0.2) is 23.3 Å². The molecular formula is C38H27N7. The van der Waals surface area contributed by atoms with Crippen LogP contribution in [0.25, 0.3) is 11.1 Å². The molecule has 3 aromatic carbocycles. The van der Waals surface area contributed by atoms with E-state index in [9.17, 15) is 0 Å². The van der Waals surface area contributed by atoms with Crippen molar-refractivity contribution in [1.82, 2.24) is 20.0 Å². The predicted molar refractivity (Wildman–Crippen MR) is 182 cm³/mol. The van der Waals surface area contributed by atoms with Gasteiger partial charge in [-0.25, -0.2) is 30.0 Å². The van der Waals surface area contributed by atoms with Crippen molar-refractivity contribution in [2.45, 2.75) is 0 Å². The SMILES string of the molecule is C1=CN2C(=Nc3cccc(n3)N(c3ccccc3)c3cccc(n3)N=C3C=C(c4ccccc4)C=CN32)C=C1c1ccccc1. The third kappa shape index (κ3) is 5.23. The Kier molecular flexibility index (Phi) is 6.66. The van der Waals surface area contributed by atoms with E-state index in [2.05, 4.69) is 48.6 Å². The third-order valence-corrected chi connectivity index (χ3v) is 7.65. The second kappa shape index (κ2) is 11.4. The zero-order valence-corrected chi connectivity index (χ0v) is 24.2. The number of aromatic nitrogens is 2. The second-order valence-electron chi connectivity index (χ2n) is 10.6. The molecule has 0 radical (unpaired) electrons. The van der Waals surface area contributed by atoms with Crippen molar-refractivity contribution in [3.05, 3.63) is 175 Å². The summed E-state index contributed by atoms with van der Waals surface area (Å²) in [7, 11) is 0. The van der Waals surface area contributed by atoms with Crippen LogP contribution in [0, 0.1) is 0 Å². The van der Waals surface area contributed by atoms with E-state index in [1.807, 2.05) is 130 Å². The van der Waals surface area contributed by atoms with Crippen LogP contribution >= 0.6 is 0 Å². The van der Waals surface area contributed by atoms with E-state index in [0.717, 1.165) is 28.0 Å². The van der Waals surface area contributed by atoms with Gasteiger partial charge >= 0.3 is 0 Å². The summed E-state index contributed by atoms with van der Waals surface area (Å²) in [5.41, 5.74) is 5.23. The highest BCUT2D eigenvalue weighted by molar-refractivity contribution is 6.09. The zero-order chi connectivity index (χ0) is 30.0. The van der Waals surface area contributed by atoms with E-state index in [-0.39, 0.29) is 0 Å². The predicted octanol–water partition coefficient (Wildman–Crippen LogP) is 8.76. The molecule has 5 aromatic rings. The van der Waals surface area contributed by atoms with Crippen molar-refractivity contribution >= 4 is 51.8 Å². The summed E-state index contributed by atoms with van der Waals surface area (Å²) in [4.78, 5) is 22.3. The van der Waals surface area contributed by atoms with Crippen molar-refractivity contribution < 1.29 is 0 Å². The van der Waals surface area contributed by atoms with E-state index < -0.39 is 0 Å². The maximum absolute atomic E-state index is 5.13. The number of hydrogen-bond acceptors (Lipinski definition) is 7. The Bertz CT molecular complexity index is 1930. The fourth-order valence-corrected chi connectivity index (χ4v) is 5.50. The van der Waals surface area contributed by atoms with Gasteiger partial charge in [-0.05, 0) is 83.0 Å². The molecule has 0 saturated carbocycles. The van der Waals surface area contributed by atoms with Crippen LogP contribution in [0.4, 0.5) is 29.0 Å². The van der Waals surface area contributed by atoms with Crippen LogP contribution in [0.15, 0.2) is 174 Å². The number of amidine groups is 2. The molecule has 8 rings (SSSR count). The number of hydrazine groups is 1. The molecule has 0 aliphatic carbocycles. The van der Waals surface area contributed by atoms with Crippen LogP contribution in [0.5, 0.6) is 0 Å². The molecule has 7 heteroatoms. The van der Waals surface area contributed by atoms with Gasteiger partial charge in [0.2, 0.25) is 0 Å². The smallest absolute Gasteiger partial charge is 0.156 e. The van der Waals surface area contributed by atoms with Crippen LogP contribution in [-0.2, 0) is 0 Å². The van der Waals surface area contributed by atoms with Crippen LogP contribution in [0.2, 0.25) is 0 Å². The van der Waals surface area contributed by atoms with Gasteiger partial charge in [-0.2, -0.15) is 0 Å². The molecule has 5 heterocycles. The molecule has 0 unspecified atom stereocenters. The summed E-state index contributed by atoms with van der Waals surface area (Å²) in [6.07, 6.45) is 12.4. The lowest BCUT2D eigenvalue weighted by atomic mass is 10.0. The fraction of sp³-hybridized carbons (Fsp3) is 0. The molecule has 3 aliphatic heterocycles. The molecule has 0 N–H and O–H groups in total. The number of nitrogens with zero attached hydrogens (tertiary/aromatic N) is 7. The highest BCUT2D eigenvalue weighted by Crippen LogP contribution is 2.35. The van der Waals surface area contributed by atoms with E-state index in [4.69, 9.17) is 20.0 Å². The molecule has 4 bridgehead atoms. The lowest BCUT2D eigenvalue weighted by molar-refractivity contribution is 0.271. The van der Waals surface area contributed by atoms with Gasteiger partial charge < -0.3 is 0 Å². The van der Waals surface area contributed by atoms with Gasteiger partial charge in [0, 0.05) is 18.1 Å². The normalized spacial score (nSPS) is 15.3. The summed E-state index contributed by atoms with van der Waals surface area (Å²) in [6.45, 7) is 0. The molecule has 45 heavy (non-hydrogen) atoms. The number of anilines is 3. The Morgan fingerprint density at radius 1 is 0.422 bits per heavy atom. The average Bonchev–Trinajstić information content (AvgIpc) is 3.10. The standard InChI is InChI=1S/C38H27N7/c1-4-12-28(13-5-1)30-22-24-43-37(26-30)41-33-18-10-20-35(39-33)45(32-16-8-3-9-17-32)36-21-11-19-34(40-36)42-38-27-31(23-25-44(38)43)29-14-6-2-7-15-29/h1-27H. The van der Waals surface area contributed by atoms with Gasteiger partial charge in [0.1, 0.15) is 11.6 Å². The van der Waals surface area contributed by atoms with Crippen molar-refractivity contribution in [1.29, 1.82) is 0 Å². The van der Waals surface area contributed by atoms with E-state index in [1.165, 1.54) is 0 Å². The van der Waals surface area contributed by atoms with Crippen LogP contribution < -0.4 is 4.90 Å². The zero-order valence-electron chi connectivity index (χ0n) is 24.2. The number of pyridine rings is 2. The number of aliphatic imine (C=N–C) groups is 2. The first-order valence-electron chi connectivity index (χ1n) is 14.7. The van der Waals surface area contributed by atoms with Crippen molar-refractivity contribution in [2.75, 3.05) is 4.90 Å². The highest BCUT2D eigenvalue weighted by Gasteiger charge is 2.25. The Hall–Kier alpha value is -6.34. The molecule has 0 saturated heterocycles. The van der Waals surface area contributed by atoms with Crippen molar-refractivity contribution in [3.63, 3.8) is 0 Å². The summed E-state index contributed by atoms with van der Waals surface area (Å²) in [5, 5.41) is 3.98. The van der Waals surface area contributed by atoms with Crippen LogP contribution in [-0.4, -0.2) is 31.7 Å². The number of para-hydroxylation sites is 1. The Morgan fingerprint density at radius 2 is 0.867 bits per heavy atom. The summed E-state index contributed by atoms with van der Waals surface area (Å²) in [5.74, 6) is 3.94. The number of fused-ring (bicyclic) bond motifs is 7. The van der Waals surface area contributed by atoms with Gasteiger partial charge in [-0.3, -0.25) is 4.90 Å². The molecule has 0 atom stereocenters. The number of hydrogen-bond donors (Lipinski definition) is 0. The van der Waals surface area contributed by atoms with Crippen molar-refractivity contribution in [3.8, 4) is 0 Å². The first-order valence-corrected chi connectivity index (χ1v) is 14.7. The minimum absolute atomic E-state index is 0.572. The minimum atomic E-state index is 0.572. The largest absolute Gasteiger partial charge is 0.279 e. The van der Waals surface area contributed by atoms with E-state index >= 15 is 0 Å². The number of rotatable bonds is 3. The third-order valence-electron chi connectivity index (χ3n) is 7.65. The first kappa shape index (κ1) is 26.3. The summed E-state index contributed by atoms with van der Waals surface area (Å²) in [6, 6.07) is 42.5. The van der Waals surface area contributed by atoms with E-state index in [1.54, 1.807) is 0 Å². The minimum Gasteiger partial charge on any atom is -0.279 e. The maximum Gasteiger partial charge on any atom is 0.156 e. The average molecular weight is 582 g/mol. The van der Waals surface area contributed by atoms with Crippen LogP contribution in [0.1, 0.15) is 11.1 Å². The first-order chi connectivity index (χ1) is 22.3. The summed E-state index contributed by atoms with van der Waals surface area (Å²) < 4.78 is 0. The molecule has 0 amide bonds. The van der Waals surface area contributed by atoms with Gasteiger partial charge in [0.05, 0.1) is 0 Å². The fourth-order valence-electron chi connectivity index (χ4n) is 5.50. The second-order valence-corrected chi connectivity index (χ2v) is 10.6. The van der Waals surface area contributed by atoms with Crippen molar-refractivity contribution in [2.24, 2.45) is 9.98 Å². The Labute approximate surface area is 261 Å². The lowest BCUT2D eigenvalue weighted by Gasteiger charge is -2.36. The monoisotopic (exact) mass is 581 g/mol. The topological polar surface area (TPSA) is 60.2 Å². The molecule has 2 aromatic heterocycles. The van der Waals surface area contributed by atoms with Gasteiger partial charge in [-0.1, -0.05) is 91.0 Å². The summed E-state index contributed by atoms with van der Waals surface area (Å²) >= 11 is 0. The Balaban J connectivity index is 1.35. The lowest BCUT2D eigenvalue weighted by Crippen LogP contribution is -2.44. The quantitative estimate of drug-likeness (QED) is 0.213. The van der Waals surface area contributed by atoms with Crippen LogP contribution in [0.3, 0.4) is 0 Å². The molecule has 3 aliphatic rings. The maximum atomic E-state index is 5.13. The molecule has 0 spiro atoms. The van der Waals surface area contributed by atoms with Gasteiger partial charge in [-0.15, -0.1) is 0 Å². The molecular weight excluding hydrogens is 554 g/mol. The Morgan fingerprint density at radius 3 is 1.33 bits per heavy atom. The number of allylic oxidation sites excluding steroid dienone is 4. The molecule has 0 fully saturated rings. The van der Waals surface area contributed by atoms with Gasteiger partial charge in [0.25, 0.3) is 0 Å². The highest BCUT2D eigenvalue weighted by atomic mass is 15.6. The molecule has 214 valence electrons. The van der Waals surface area contributed by atoms with E-state index in [0.29, 0.717) is 34.9 Å².